The minimum atomic E-state index is -1.55. The Morgan fingerprint density at radius 3 is 1.82 bits per heavy atom. The van der Waals surface area contributed by atoms with Crippen LogP contribution < -0.4 is 0 Å². The van der Waals surface area contributed by atoms with Gasteiger partial charge in [0.2, 0.25) is 0 Å². The molecule has 0 aromatic heterocycles. The van der Waals surface area contributed by atoms with Crippen LogP contribution in [0.25, 0.3) is 0 Å². The molecule has 51 heavy (non-hydrogen) atoms. The second kappa shape index (κ2) is 33.7. The molecule has 1 aliphatic heterocycles. The average molecular weight is 721 g/mol. The molecule has 1 aliphatic rings. The van der Waals surface area contributed by atoms with Gasteiger partial charge in [0, 0.05) is 13.0 Å². The molecule has 0 radical (unpaired) electrons. The molecule has 294 valence electrons. The van der Waals surface area contributed by atoms with E-state index in [1.54, 1.807) is 0 Å². The maximum absolute atomic E-state index is 12.7. The van der Waals surface area contributed by atoms with Gasteiger partial charge in [-0.2, -0.15) is 0 Å². The van der Waals surface area contributed by atoms with E-state index in [0.29, 0.717) is 13.0 Å². The van der Waals surface area contributed by atoms with Crippen LogP contribution in [-0.4, -0.2) is 89.6 Å². The van der Waals surface area contributed by atoms with Gasteiger partial charge in [0.1, 0.15) is 30.5 Å². The fraction of sp³-hybridized carbons (Fsp3) is 0.738. The molecule has 0 aliphatic carbocycles. The van der Waals surface area contributed by atoms with E-state index in [1.165, 1.54) is 44.9 Å². The van der Waals surface area contributed by atoms with Crippen molar-refractivity contribution in [3.05, 3.63) is 60.8 Å². The van der Waals surface area contributed by atoms with Gasteiger partial charge in [-0.1, -0.05) is 113 Å². The maximum Gasteiger partial charge on any atom is 0.306 e. The van der Waals surface area contributed by atoms with E-state index >= 15 is 0 Å². The van der Waals surface area contributed by atoms with Crippen molar-refractivity contribution in [1.29, 1.82) is 0 Å². The number of ether oxygens (including phenoxy) is 4. The molecule has 1 fully saturated rings. The molecule has 6 atom stereocenters. The molecule has 9 nitrogen and oxygen atoms in total. The minimum Gasteiger partial charge on any atom is -0.457 e. The topological polar surface area (TPSA) is 135 Å². The molecule has 9 heteroatoms. The predicted octanol–water partition coefficient (Wildman–Crippen LogP) is 7.96. The fourth-order valence-electron chi connectivity index (χ4n) is 5.53. The maximum atomic E-state index is 12.7. The Bertz CT molecular complexity index is 958. The Balaban J connectivity index is 2.37. The lowest BCUT2D eigenvalue weighted by molar-refractivity contribution is -0.305. The summed E-state index contributed by atoms with van der Waals surface area (Å²) in [6.07, 6.45) is 33.9. The number of unbranched alkanes of at least 4 members (excludes halogenated alkanes) is 11. The summed E-state index contributed by atoms with van der Waals surface area (Å²) >= 11 is 0. The van der Waals surface area contributed by atoms with E-state index in [4.69, 9.17) is 18.9 Å². The zero-order valence-corrected chi connectivity index (χ0v) is 31.8. The van der Waals surface area contributed by atoms with Crippen LogP contribution in [0.1, 0.15) is 136 Å². The average Bonchev–Trinajstić information content (AvgIpc) is 3.13. The highest BCUT2D eigenvalue weighted by Gasteiger charge is 2.44. The Kier molecular flexibility index (Phi) is 31.0. The van der Waals surface area contributed by atoms with E-state index in [9.17, 15) is 25.2 Å². The molecule has 0 aromatic rings. The normalized spacial score (nSPS) is 22.0. The number of carbonyl (C=O) groups excluding carboxylic acids is 1. The third kappa shape index (κ3) is 25.5. The number of aliphatic hydroxyl groups excluding tert-OH is 4. The van der Waals surface area contributed by atoms with Gasteiger partial charge in [0.15, 0.2) is 6.29 Å². The van der Waals surface area contributed by atoms with Crippen LogP contribution in [0.15, 0.2) is 60.8 Å². The van der Waals surface area contributed by atoms with Crippen LogP contribution in [0.3, 0.4) is 0 Å². The van der Waals surface area contributed by atoms with E-state index in [0.717, 1.165) is 64.2 Å². The summed E-state index contributed by atoms with van der Waals surface area (Å²) in [6.45, 7) is 4.33. The van der Waals surface area contributed by atoms with Gasteiger partial charge in [-0.05, 0) is 77.0 Å². The molecule has 6 unspecified atom stereocenters. The standard InChI is InChI=1S/C42H72O9/c1-3-5-7-9-11-13-15-17-18-19-21-23-25-27-29-31-38(44)50-36(35-49-42-41(47)40(46)39(45)37(33-43)51-42)34-48-32-30-28-26-24-22-20-16-14-12-10-8-6-4-2/h5,7,11-14,17-18,21,23,36-37,39-43,45-47H,3-4,6,8-10,15-16,19-20,22,24-35H2,1-2H3/b7-5-,13-11-,14-12-,18-17-,23-21-. The summed E-state index contributed by atoms with van der Waals surface area (Å²) in [4.78, 5) is 12.7. The van der Waals surface area contributed by atoms with E-state index in [2.05, 4.69) is 74.6 Å². The zero-order chi connectivity index (χ0) is 37.2. The Morgan fingerprint density at radius 1 is 0.647 bits per heavy atom. The summed E-state index contributed by atoms with van der Waals surface area (Å²) in [6, 6.07) is 0. The fourth-order valence-corrected chi connectivity index (χ4v) is 5.53. The quantitative estimate of drug-likeness (QED) is 0.0310. The first-order valence-corrected chi connectivity index (χ1v) is 19.9. The second-order valence-electron chi connectivity index (χ2n) is 13.3. The van der Waals surface area contributed by atoms with Crippen molar-refractivity contribution in [1.82, 2.24) is 0 Å². The lowest BCUT2D eigenvalue weighted by Gasteiger charge is -2.39. The zero-order valence-electron chi connectivity index (χ0n) is 31.8. The number of carbonyl (C=O) groups is 1. The predicted molar refractivity (Wildman–Crippen MR) is 205 cm³/mol. The van der Waals surface area contributed by atoms with Gasteiger partial charge in [0.25, 0.3) is 0 Å². The van der Waals surface area contributed by atoms with Crippen LogP contribution >= 0.6 is 0 Å². The van der Waals surface area contributed by atoms with Crippen LogP contribution in [0.2, 0.25) is 0 Å². The first-order valence-electron chi connectivity index (χ1n) is 19.9. The van der Waals surface area contributed by atoms with E-state index < -0.39 is 43.4 Å². The smallest absolute Gasteiger partial charge is 0.306 e. The molecule has 1 rings (SSSR count). The number of allylic oxidation sites excluding steroid dienone is 10. The third-order valence-electron chi connectivity index (χ3n) is 8.67. The van der Waals surface area contributed by atoms with Crippen molar-refractivity contribution in [2.24, 2.45) is 0 Å². The molecular weight excluding hydrogens is 648 g/mol. The van der Waals surface area contributed by atoms with Crippen molar-refractivity contribution in [3.63, 3.8) is 0 Å². The first-order chi connectivity index (χ1) is 24.9. The molecule has 1 heterocycles. The van der Waals surface area contributed by atoms with Crippen molar-refractivity contribution >= 4 is 5.97 Å². The summed E-state index contributed by atoms with van der Waals surface area (Å²) in [5.74, 6) is -0.359. The van der Waals surface area contributed by atoms with Gasteiger partial charge in [-0.15, -0.1) is 0 Å². The third-order valence-corrected chi connectivity index (χ3v) is 8.67. The van der Waals surface area contributed by atoms with E-state index in [-0.39, 0.29) is 25.6 Å². The lowest BCUT2D eigenvalue weighted by atomic mass is 9.99. The van der Waals surface area contributed by atoms with Gasteiger partial charge >= 0.3 is 5.97 Å². The number of esters is 1. The van der Waals surface area contributed by atoms with Crippen molar-refractivity contribution in [3.8, 4) is 0 Å². The lowest BCUT2D eigenvalue weighted by Crippen LogP contribution is -2.59. The number of hydrogen-bond acceptors (Lipinski definition) is 9. The number of hydrogen-bond donors (Lipinski definition) is 4. The number of aliphatic hydroxyl groups is 4. The molecule has 0 bridgehead atoms. The number of rotatable bonds is 32. The highest BCUT2D eigenvalue weighted by Crippen LogP contribution is 2.22. The Morgan fingerprint density at radius 2 is 1.20 bits per heavy atom. The molecular formula is C42H72O9. The second-order valence-corrected chi connectivity index (χ2v) is 13.3. The molecule has 0 saturated carbocycles. The minimum absolute atomic E-state index is 0.121. The van der Waals surface area contributed by atoms with Crippen molar-refractivity contribution in [2.75, 3.05) is 26.4 Å². The molecule has 4 N–H and O–H groups in total. The molecule has 1 saturated heterocycles. The monoisotopic (exact) mass is 721 g/mol. The van der Waals surface area contributed by atoms with Crippen LogP contribution in [0.4, 0.5) is 0 Å². The molecule has 0 spiro atoms. The van der Waals surface area contributed by atoms with Crippen LogP contribution in [-0.2, 0) is 23.7 Å². The highest BCUT2D eigenvalue weighted by atomic mass is 16.7. The van der Waals surface area contributed by atoms with Crippen molar-refractivity contribution < 1.29 is 44.2 Å². The molecule has 0 aromatic carbocycles. The molecule has 0 amide bonds. The van der Waals surface area contributed by atoms with Gasteiger partial charge in [0.05, 0.1) is 19.8 Å². The van der Waals surface area contributed by atoms with E-state index in [1.807, 2.05) is 0 Å². The van der Waals surface area contributed by atoms with Gasteiger partial charge in [-0.25, -0.2) is 0 Å². The summed E-state index contributed by atoms with van der Waals surface area (Å²) in [7, 11) is 0. The van der Waals surface area contributed by atoms with Crippen molar-refractivity contribution in [2.45, 2.75) is 173 Å². The summed E-state index contributed by atoms with van der Waals surface area (Å²) < 4.78 is 22.7. The summed E-state index contributed by atoms with van der Waals surface area (Å²) in [5.41, 5.74) is 0. The van der Waals surface area contributed by atoms with Crippen LogP contribution in [0.5, 0.6) is 0 Å². The summed E-state index contributed by atoms with van der Waals surface area (Å²) in [5, 5.41) is 40.0. The van der Waals surface area contributed by atoms with Gasteiger partial charge < -0.3 is 39.4 Å². The highest BCUT2D eigenvalue weighted by molar-refractivity contribution is 5.69. The van der Waals surface area contributed by atoms with Crippen LogP contribution in [0, 0.1) is 0 Å². The Hall–Kier alpha value is -2.11. The first kappa shape index (κ1) is 46.9. The largest absolute Gasteiger partial charge is 0.457 e. The Labute approximate surface area is 309 Å². The SMILES string of the molecule is CC/C=C\C/C=C\C/C=C\C/C=C\CCCCC(=O)OC(COCCCCCCCC/C=C\CCCCC)COC1OC(CO)C(O)C(O)C1O. The van der Waals surface area contributed by atoms with Gasteiger partial charge in [-0.3, -0.25) is 4.79 Å².